The summed E-state index contributed by atoms with van der Waals surface area (Å²) < 4.78 is 2.83. The molecule has 0 saturated heterocycles. The number of nitrogens with zero attached hydrogens (tertiary/aromatic N) is 3. The maximum Gasteiger partial charge on any atom is 0.264 e. The number of hydrogen-bond donors (Lipinski definition) is 1. The second-order valence-corrected chi connectivity index (χ2v) is 6.56. The Balaban J connectivity index is 1.61. The van der Waals surface area contributed by atoms with Crippen LogP contribution in [0.2, 0.25) is 0 Å². The van der Waals surface area contributed by atoms with E-state index in [4.69, 9.17) is 4.84 Å². The highest BCUT2D eigenvalue weighted by Gasteiger charge is 2.30. The molecule has 3 rings (SSSR count). The number of halogens is 1. The van der Waals surface area contributed by atoms with Crippen molar-refractivity contribution < 1.29 is 9.63 Å². The van der Waals surface area contributed by atoms with Crippen molar-refractivity contribution in [3.05, 3.63) is 52.3 Å². The Bertz CT molecular complexity index is 771. The summed E-state index contributed by atoms with van der Waals surface area (Å²) in [5, 5.41) is 11.3. The molecule has 0 fully saturated rings. The van der Waals surface area contributed by atoms with Crippen molar-refractivity contribution in [2.75, 3.05) is 0 Å². The van der Waals surface area contributed by atoms with Gasteiger partial charge >= 0.3 is 0 Å². The van der Waals surface area contributed by atoms with E-state index in [9.17, 15) is 4.79 Å². The lowest BCUT2D eigenvalue weighted by Gasteiger charge is -2.17. The quantitative estimate of drug-likeness (QED) is 0.852. The molecule has 1 aliphatic heterocycles. The van der Waals surface area contributed by atoms with Crippen molar-refractivity contribution >= 4 is 27.5 Å². The molecule has 2 unspecified atom stereocenters. The van der Waals surface area contributed by atoms with Gasteiger partial charge in [-0.25, -0.2) is 0 Å². The molecule has 0 bridgehead atoms. The topological polar surface area (TPSA) is 68.5 Å². The van der Waals surface area contributed by atoms with Crippen LogP contribution in [0.4, 0.5) is 0 Å². The van der Waals surface area contributed by atoms with E-state index in [-0.39, 0.29) is 11.9 Å². The molecule has 7 heteroatoms. The second-order valence-electron chi connectivity index (χ2n) is 5.65. The highest BCUT2D eigenvalue weighted by Crippen LogP contribution is 2.21. The number of carbonyl (C=O) groups excluding carboxylic acids is 1. The first-order valence-corrected chi connectivity index (χ1v) is 8.68. The van der Waals surface area contributed by atoms with Gasteiger partial charge in [0.2, 0.25) is 6.10 Å². The van der Waals surface area contributed by atoms with E-state index in [1.165, 1.54) is 0 Å². The third kappa shape index (κ3) is 3.51. The number of aryl methyl sites for hydroxylation is 1. The molecule has 24 heavy (non-hydrogen) atoms. The standard InChI is InChI=1S/C17H19BrN4O2/c1-3-22-15(7-8-19-22)11(2)20-17(23)16-10-14(21-24-16)12-5-4-6-13(18)9-12/h4-9,11,16H,3,10H2,1-2H3,(H,20,23). The van der Waals surface area contributed by atoms with Crippen LogP contribution in [0.15, 0.2) is 46.2 Å². The Labute approximate surface area is 149 Å². The van der Waals surface area contributed by atoms with Crippen molar-refractivity contribution in [1.29, 1.82) is 0 Å². The van der Waals surface area contributed by atoms with Crippen LogP contribution in [0.25, 0.3) is 0 Å². The average molecular weight is 391 g/mol. The summed E-state index contributed by atoms with van der Waals surface area (Å²) in [6.07, 6.45) is 1.60. The summed E-state index contributed by atoms with van der Waals surface area (Å²) >= 11 is 3.44. The van der Waals surface area contributed by atoms with Crippen molar-refractivity contribution in [3.63, 3.8) is 0 Å². The minimum absolute atomic E-state index is 0.140. The van der Waals surface area contributed by atoms with Crippen LogP contribution < -0.4 is 5.32 Å². The molecule has 2 heterocycles. The SMILES string of the molecule is CCn1nccc1C(C)NC(=O)C1CC(c2cccc(Br)c2)=NO1. The van der Waals surface area contributed by atoms with Crippen molar-refractivity contribution in [3.8, 4) is 0 Å². The van der Waals surface area contributed by atoms with Crippen LogP contribution in [0.1, 0.15) is 37.6 Å². The molecular formula is C17H19BrN4O2. The number of hydrogen-bond acceptors (Lipinski definition) is 4. The summed E-state index contributed by atoms with van der Waals surface area (Å²) in [6.45, 7) is 4.72. The third-order valence-electron chi connectivity index (χ3n) is 3.97. The van der Waals surface area contributed by atoms with Crippen LogP contribution in [-0.4, -0.2) is 27.5 Å². The molecule has 2 atom stereocenters. The zero-order valence-electron chi connectivity index (χ0n) is 13.6. The van der Waals surface area contributed by atoms with Gasteiger partial charge in [0.05, 0.1) is 17.4 Å². The molecule has 2 aromatic rings. The number of amides is 1. The zero-order chi connectivity index (χ0) is 17.1. The van der Waals surface area contributed by atoms with E-state index >= 15 is 0 Å². The van der Waals surface area contributed by atoms with Gasteiger partial charge in [-0.15, -0.1) is 0 Å². The lowest BCUT2D eigenvalue weighted by atomic mass is 10.0. The van der Waals surface area contributed by atoms with Crippen molar-refractivity contribution in [2.24, 2.45) is 5.16 Å². The fourth-order valence-corrected chi connectivity index (χ4v) is 3.11. The largest absolute Gasteiger partial charge is 0.382 e. The summed E-state index contributed by atoms with van der Waals surface area (Å²) in [5.74, 6) is -0.167. The van der Waals surface area contributed by atoms with Crippen LogP contribution in [0, 0.1) is 0 Å². The van der Waals surface area contributed by atoms with E-state index in [0.717, 1.165) is 28.0 Å². The lowest BCUT2D eigenvalue weighted by Crippen LogP contribution is -2.37. The van der Waals surface area contributed by atoms with Gasteiger partial charge in [0.25, 0.3) is 5.91 Å². The van der Waals surface area contributed by atoms with E-state index < -0.39 is 6.10 Å². The minimum Gasteiger partial charge on any atom is -0.382 e. The van der Waals surface area contributed by atoms with Crippen LogP contribution in [-0.2, 0) is 16.2 Å². The van der Waals surface area contributed by atoms with Crippen LogP contribution in [0.3, 0.4) is 0 Å². The van der Waals surface area contributed by atoms with Gasteiger partial charge in [-0.2, -0.15) is 5.10 Å². The van der Waals surface area contributed by atoms with Crippen molar-refractivity contribution in [2.45, 2.75) is 39.0 Å². The van der Waals surface area contributed by atoms with E-state index in [0.29, 0.717) is 6.42 Å². The molecule has 0 radical (unpaired) electrons. The number of nitrogens with one attached hydrogen (secondary N) is 1. The molecule has 1 amide bonds. The Morgan fingerprint density at radius 3 is 3.08 bits per heavy atom. The Hall–Kier alpha value is -2.15. The zero-order valence-corrected chi connectivity index (χ0v) is 15.2. The van der Waals surface area contributed by atoms with Gasteiger partial charge in [-0.05, 0) is 32.0 Å². The number of rotatable bonds is 5. The van der Waals surface area contributed by atoms with Gasteiger partial charge in [0, 0.05) is 29.2 Å². The van der Waals surface area contributed by atoms with Crippen LogP contribution in [0.5, 0.6) is 0 Å². The van der Waals surface area contributed by atoms with Crippen LogP contribution >= 0.6 is 15.9 Å². The highest BCUT2D eigenvalue weighted by atomic mass is 79.9. The first kappa shape index (κ1) is 16.7. The summed E-state index contributed by atoms with van der Waals surface area (Å²) in [4.78, 5) is 17.8. The fraction of sp³-hybridized carbons (Fsp3) is 0.353. The maximum atomic E-state index is 12.4. The van der Waals surface area contributed by atoms with E-state index in [1.54, 1.807) is 6.20 Å². The summed E-state index contributed by atoms with van der Waals surface area (Å²) in [7, 11) is 0. The Kier molecular flexibility index (Phi) is 4.99. The summed E-state index contributed by atoms with van der Waals surface area (Å²) in [5.41, 5.74) is 2.71. The molecule has 1 N–H and O–H groups in total. The van der Waals surface area contributed by atoms with E-state index in [2.05, 4.69) is 31.5 Å². The Morgan fingerprint density at radius 2 is 2.33 bits per heavy atom. The Morgan fingerprint density at radius 1 is 1.50 bits per heavy atom. The molecule has 6 nitrogen and oxygen atoms in total. The third-order valence-corrected chi connectivity index (χ3v) is 4.46. The van der Waals surface area contributed by atoms with Gasteiger partial charge in [0.1, 0.15) is 0 Å². The van der Waals surface area contributed by atoms with Gasteiger partial charge < -0.3 is 10.2 Å². The monoisotopic (exact) mass is 390 g/mol. The molecule has 1 aromatic carbocycles. The molecule has 0 aliphatic carbocycles. The number of carbonyl (C=O) groups is 1. The number of benzene rings is 1. The van der Waals surface area contributed by atoms with Gasteiger partial charge in [0.15, 0.2) is 0 Å². The predicted octanol–water partition coefficient (Wildman–Crippen LogP) is 3.04. The minimum atomic E-state index is -0.598. The summed E-state index contributed by atoms with van der Waals surface area (Å²) in [6, 6.07) is 9.57. The molecule has 0 spiro atoms. The van der Waals surface area contributed by atoms with Crippen molar-refractivity contribution in [1.82, 2.24) is 15.1 Å². The highest BCUT2D eigenvalue weighted by molar-refractivity contribution is 9.10. The molecule has 0 saturated carbocycles. The first-order valence-electron chi connectivity index (χ1n) is 7.89. The average Bonchev–Trinajstić information content (AvgIpc) is 3.24. The molecular weight excluding hydrogens is 372 g/mol. The molecule has 126 valence electrons. The van der Waals surface area contributed by atoms with Gasteiger partial charge in [-0.1, -0.05) is 33.2 Å². The smallest absolute Gasteiger partial charge is 0.264 e. The predicted molar refractivity (Wildman–Crippen MR) is 94.6 cm³/mol. The van der Waals surface area contributed by atoms with E-state index in [1.807, 2.05) is 48.9 Å². The second kappa shape index (κ2) is 7.17. The normalized spacial score (nSPS) is 18.0. The number of aromatic nitrogens is 2. The lowest BCUT2D eigenvalue weighted by molar-refractivity contribution is -0.131. The number of oxime groups is 1. The van der Waals surface area contributed by atoms with Gasteiger partial charge in [-0.3, -0.25) is 9.48 Å². The maximum absolute atomic E-state index is 12.4. The molecule has 1 aromatic heterocycles. The fourth-order valence-electron chi connectivity index (χ4n) is 2.71. The first-order chi connectivity index (χ1) is 11.6. The molecule has 1 aliphatic rings.